The summed E-state index contributed by atoms with van der Waals surface area (Å²) in [6, 6.07) is 0. The number of ether oxygens (including phenoxy) is 1. The normalized spacial score (nSPS) is 13.4. The minimum Gasteiger partial charge on any atom is -0.460 e. The summed E-state index contributed by atoms with van der Waals surface area (Å²) in [6.45, 7) is 5.85. The highest BCUT2D eigenvalue weighted by atomic mass is 16.5. The summed E-state index contributed by atoms with van der Waals surface area (Å²) >= 11 is 0. The van der Waals surface area contributed by atoms with Crippen LogP contribution < -0.4 is 0 Å². The van der Waals surface area contributed by atoms with E-state index in [0.717, 1.165) is 12.8 Å². The highest BCUT2D eigenvalue weighted by molar-refractivity contribution is 5.81. The van der Waals surface area contributed by atoms with E-state index in [9.17, 15) is 4.79 Å². The molecule has 0 bridgehead atoms. The number of hydrogen-bond acceptors (Lipinski definition) is 2. The molecule has 64 valence electrons. The van der Waals surface area contributed by atoms with Crippen molar-refractivity contribution in [3.63, 3.8) is 0 Å². The van der Waals surface area contributed by atoms with Crippen molar-refractivity contribution in [1.82, 2.24) is 0 Å². The van der Waals surface area contributed by atoms with Crippen LogP contribution in [0.15, 0.2) is 12.2 Å². The average Bonchev–Trinajstić information content (AvgIpc) is 2.00. The summed E-state index contributed by atoms with van der Waals surface area (Å²) < 4.78 is 4.98. The van der Waals surface area contributed by atoms with E-state index in [-0.39, 0.29) is 12.1 Å². The molecule has 0 spiro atoms. The van der Waals surface area contributed by atoms with Crippen molar-refractivity contribution in [3.8, 4) is 0 Å². The Morgan fingerprint density at radius 2 is 2.18 bits per heavy atom. The Morgan fingerprint density at radius 1 is 1.55 bits per heavy atom. The minimum atomic E-state index is -0.235. The number of carbonyl (C=O) groups excluding carboxylic acids is 1. The van der Waals surface area contributed by atoms with Gasteiger partial charge >= 0.3 is 5.97 Å². The van der Waals surface area contributed by atoms with E-state index in [0.29, 0.717) is 0 Å². The van der Waals surface area contributed by atoms with Gasteiger partial charge < -0.3 is 4.74 Å². The van der Waals surface area contributed by atoms with Crippen molar-refractivity contribution in [2.45, 2.75) is 39.7 Å². The third kappa shape index (κ3) is 5.64. The molecule has 0 aliphatic heterocycles. The lowest BCUT2D eigenvalue weighted by molar-refractivity contribution is -0.142. The molecule has 1 unspecified atom stereocenters. The van der Waals surface area contributed by atoms with Gasteiger partial charge in [0.25, 0.3) is 0 Å². The van der Waals surface area contributed by atoms with Crippen molar-refractivity contribution < 1.29 is 9.53 Å². The van der Waals surface area contributed by atoms with Gasteiger partial charge in [-0.15, -0.1) is 0 Å². The van der Waals surface area contributed by atoms with Gasteiger partial charge in [0, 0.05) is 6.08 Å². The van der Waals surface area contributed by atoms with Crippen LogP contribution in [0.25, 0.3) is 0 Å². The average molecular weight is 156 g/mol. The maximum absolute atomic E-state index is 10.9. The summed E-state index contributed by atoms with van der Waals surface area (Å²) in [7, 11) is 0. The lowest BCUT2D eigenvalue weighted by atomic mass is 10.3. The Hall–Kier alpha value is -0.790. The van der Waals surface area contributed by atoms with Gasteiger partial charge in [-0.05, 0) is 19.8 Å². The van der Waals surface area contributed by atoms with Crippen molar-refractivity contribution in [3.05, 3.63) is 12.2 Å². The third-order valence-corrected chi connectivity index (χ3v) is 1.38. The van der Waals surface area contributed by atoms with Crippen molar-refractivity contribution in [2.24, 2.45) is 0 Å². The zero-order valence-corrected chi connectivity index (χ0v) is 7.46. The summed E-state index contributed by atoms with van der Waals surface area (Å²) in [6.07, 6.45) is 5.04. The molecule has 0 heterocycles. The minimum absolute atomic E-state index is 0.0315. The highest BCUT2D eigenvalue weighted by Gasteiger charge is 2.02. The fraction of sp³-hybridized carbons (Fsp3) is 0.667. The Morgan fingerprint density at radius 3 is 2.64 bits per heavy atom. The number of allylic oxidation sites excluding steroid dienone is 1. The van der Waals surface area contributed by atoms with Crippen LogP contribution in [0.3, 0.4) is 0 Å². The SMILES string of the molecule is CCC=CC(=O)OC(C)CC. The van der Waals surface area contributed by atoms with Crippen LogP contribution in [0.4, 0.5) is 0 Å². The zero-order valence-electron chi connectivity index (χ0n) is 7.46. The molecule has 0 N–H and O–H groups in total. The van der Waals surface area contributed by atoms with E-state index < -0.39 is 0 Å². The molecule has 2 nitrogen and oxygen atoms in total. The number of rotatable bonds is 4. The van der Waals surface area contributed by atoms with Crippen molar-refractivity contribution in [1.29, 1.82) is 0 Å². The first-order chi connectivity index (χ1) is 5.20. The molecule has 0 aliphatic rings. The lowest BCUT2D eigenvalue weighted by Gasteiger charge is -2.07. The van der Waals surface area contributed by atoms with E-state index >= 15 is 0 Å². The standard InChI is InChI=1S/C9H16O2/c1-4-6-7-9(10)11-8(3)5-2/h6-8H,4-5H2,1-3H3. The van der Waals surface area contributed by atoms with Gasteiger partial charge in [-0.3, -0.25) is 0 Å². The summed E-state index contributed by atoms with van der Waals surface area (Å²) in [5.41, 5.74) is 0. The maximum atomic E-state index is 10.9. The lowest BCUT2D eigenvalue weighted by Crippen LogP contribution is -2.11. The molecular formula is C9H16O2. The van der Waals surface area contributed by atoms with Crippen LogP contribution in [-0.4, -0.2) is 12.1 Å². The van der Waals surface area contributed by atoms with E-state index in [1.165, 1.54) is 6.08 Å². The molecule has 0 amide bonds. The number of esters is 1. The van der Waals surface area contributed by atoms with E-state index in [4.69, 9.17) is 4.74 Å². The van der Waals surface area contributed by atoms with Crippen LogP contribution in [0.5, 0.6) is 0 Å². The molecule has 0 aromatic carbocycles. The smallest absolute Gasteiger partial charge is 0.330 e. The summed E-state index contributed by atoms with van der Waals surface area (Å²) in [5, 5.41) is 0. The van der Waals surface area contributed by atoms with Crippen LogP contribution in [0.2, 0.25) is 0 Å². The largest absolute Gasteiger partial charge is 0.460 e. The molecule has 0 aliphatic carbocycles. The van der Waals surface area contributed by atoms with Crippen LogP contribution >= 0.6 is 0 Å². The fourth-order valence-electron chi connectivity index (χ4n) is 0.535. The molecule has 0 saturated heterocycles. The van der Waals surface area contributed by atoms with Gasteiger partial charge in [0.15, 0.2) is 0 Å². The van der Waals surface area contributed by atoms with Crippen LogP contribution in [0.1, 0.15) is 33.6 Å². The fourth-order valence-corrected chi connectivity index (χ4v) is 0.535. The Kier molecular flexibility index (Phi) is 5.53. The van der Waals surface area contributed by atoms with E-state index in [2.05, 4.69) is 0 Å². The second-order valence-corrected chi connectivity index (χ2v) is 2.47. The van der Waals surface area contributed by atoms with Crippen LogP contribution in [0, 0.1) is 0 Å². The number of hydrogen-bond donors (Lipinski definition) is 0. The molecule has 0 radical (unpaired) electrons. The highest BCUT2D eigenvalue weighted by Crippen LogP contribution is 1.96. The van der Waals surface area contributed by atoms with E-state index in [1.54, 1.807) is 6.08 Å². The van der Waals surface area contributed by atoms with E-state index in [1.807, 2.05) is 20.8 Å². The van der Waals surface area contributed by atoms with Gasteiger partial charge in [-0.25, -0.2) is 4.79 Å². The predicted octanol–water partition coefficient (Wildman–Crippen LogP) is 2.29. The molecular weight excluding hydrogens is 140 g/mol. The molecule has 2 heteroatoms. The summed E-state index contributed by atoms with van der Waals surface area (Å²) in [4.78, 5) is 10.9. The van der Waals surface area contributed by atoms with Crippen LogP contribution in [-0.2, 0) is 9.53 Å². The first-order valence-electron chi connectivity index (χ1n) is 4.07. The third-order valence-electron chi connectivity index (χ3n) is 1.38. The van der Waals surface area contributed by atoms with Gasteiger partial charge in [0.05, 0.1) is 6.10 Å². The molecule has 1 atom stereocenters. The van der Waals surface area contributed by atoms with Crippen molar-refractivity contribution >= 4 is 5.97 Å². The van der Waals surface area contributed by atoms with Gasteiger partial charge in [0.2, 0.25) is 0 Å². The maximum Gasteiger partial charge on any atom is 0.330 e. The van der Waals surface area contributed by atoms with Crippen molar-refractivity contribution in [2.75, 3.05) is 0 Å². The molecule has 0 saturated carbocycles. The Balaban J connectivity index is 3.60. The Labute approximate surface area is 68.2 Å². The molecule has 11 heavy (non-hydrogen) atoms. The van der Waals surface area contributed by atoms with Gasteiger partial charge in [-0.1, -0.05) is 19.9 Å². The first kappa shape index (κ1) is 10.2. The second-order valence-electron chi connectivity index (χ2n) is 2.47. The zero-order chi connectivity index (χ0) is 8.69. The molecule has 0 aromatic rings. The van der Waals surface area contributed by atoms with Gasteiger partial charge in [0.1, 0.15) is 0 Å². The Bertz CT molecular complexity index is 138. The molecule has 0 rings (SSSR count). The summed E-state index contributed by atoms with van der Waals surface area (Å²) in [5.74, 6) is -0.235. The first-order valence-corrected chi connectivity index (χ1v) is 4.07. The van der Waals surface area contributed by atoms with Gasteiger partial charge in [-0.2, -0.15) is 0 Å². The topological polar surface area (TPSA) is 26.3 Å². The quantitative estimate of drug-likeness (QED) is 0.461. The molecule has 0 aromatic heterocycles. The number of carbonyl (C=O) groups is 1. The molecule has 0 fully saturated rings. The monoisotopic (exact) mass is 156 g/mol. The predicted molar refractivity (Wildman–Crippen MR) is 45.3 cm³/mol. The second kappa shape index (κ2) is 5.96.